The Bertz CT molecular complexity index is 330. The SMILES string of the molecule is Cc1ccc(N2CC[C@H](O)[C@H](F)C2)nn1. The summed E-state index contributed by atoms with van der Waals surface area (Å²) in [7, 11) is 0. The Kier molecular flexibility index (Phi) is 2.81. The largest absolute Gasteiger partial charge is 0.390 e. The van der Waals surface area contributed by atoms with Gasteiger partial charge in [-0.2, -0.15) is 5.10 Å². The molecule has 1 aromatic heterocycles. The lowest BCUT2D eigenvalue weighted by Crippen LogP contribution is -2.45. The van der Waals surface area contributed by atoms with Gasteiger partial charge in [-0.1, -0.05) is 0 Å². The zero-order valence-corrected chi connectivity index (χ0v) is 8.60. The van der Waals surface area contributed by atoms with E-state index in [1.165, 1.54) is 0 Å². The summed E-state index contributed by atoms with van der Waals surface area (Å²) in [6.45, 7) is 2.67. The second kappa shape index (κ2) is 4.10. The number of rotatable bonds is 1. The number of hydrogen-bond acceptors (Lipinski definition) is 4. The Morgan fingerprint density at radius 3 is 2.87 bits per heavy atom. The number of hydrogen-bond donors (Lipinski definition) is 1. The molecule has 0 unspecified atom stereocenters. The molecular weight excluding hydrogens is 197 g/mol. The number of aliphatic hydroxyl groups excluding tert-OH is 1. The van der Waals surface area contributed by atoms with Crippen LogP contribution in [0.5, 0.6) is 0 Å². The van der Waals surface area contributed by atoms with Crippen LogP contribution >= 0.6 is 0 Å². The van der Waals surface area contributed by atoms with E-state index in [9.17, 15) is 9.50 Å². The second-order valence-corrected chi connectivity index (χ2v) is 3.85. The van der Waals surface area contributed by atoms with Crippen molar-refractivity contribution in [3.63, 3.8) is 0 Å². The van der Waals surface area contributed by atoms with E-state index >= 15 is 0 Å². The van der Waals surface area contributed by atoms with Crippen molar-refractivity contribution in [1.29, 1.82) is 0 Å². The summed E-state index contributed by atoms with van der Waals surface area (Å²) < 4.78 is 13.3. The lowest BCUT2D eigenvalue weighted by molar-refractivity contribution is 0.0613. The minimum Gasteiger partial charge on any atom is -0.390 e. The van der Waals surface area contributed by atoms with Crippen molar-refractivity contribution in [3.8, 4) is 0 Å². The summed E-state index contributed by atoms with van der Waals surface area (Å²) in [4.78, 5) is 1.81. The molecule has 1 aromatic rings. The molecule has 15 heavy (non-hydrogen) atoms. The summed E-state index contributed by atoms with van der Waals surface area (Å²) >= 11 is 0. The first kappa shape index (κ1) is 10.3. The fourth-order valence-corrected chi connectivity index (χ4v) is 1.66. The summed E-state index contributed by atoms with van der Waals surface area (Å²) in [5.41, 5.74) is 0.840. The molecule has 2 rings (SSSR count). The maximum Gasteiger partial charge on any atom is 0.151 e. The van der Waals surface area contributed by atoms with Crippen molar-refractivity contribution in [1.82, 2.24) is 10.2 Å². The standard InChI is InChI=1S/C10H14FN3O/c1-7-2-3-10(13-12-7)14-5-4-9(15)8(11)6-14/h2-3,8-9,15H,4-6H2,1H3/t8-,9+/m1/s1. The first-order chi connectivity index (χ1) is 7.16. The molecule has 2 heterocycles. The molecule has 0 saturated carbocycles. The zero-order chi connectivity index (χ0) is 10.8. The molecular formula is C10H14FN3O. The van der Waals surface area contributed by atoms with Gasteiger partial charge in [0.15, 0.2) is 5.82 Å². The van der Waals surface area contributed by atoms with Crippen molar-refractivity contribution in [3.05, 3.63) is 17.8 Å². The fourth-order valence-electron chi connectivity index (χ4n) is 1.66. The van der Waals surface area contributed by atoms with E-state index in [-0.39, 0.29) is 6.54 Å². The minimum atomic E-state index is -1.19. The van der Waals surface area contributed by atoms with Gasteiger partial charge < -0.3 is 10.0 Å². The molecule has 1 saturated heterocycles. The number of aryl methyl sites for hydroxylation is 1. The van der Waals surface area contributed by atoms with Gasteiger partial charge in [0.25, 0.3) is 0 Å². The van der Waals surface area contributed by atoms with E-state index in [0.29, 0.717) is 18.8 Å². The van der Waals surface area contributed by atoms with Crippen LogP contribution in [0.2, 0.25) is 0 Å². The van der Waals surface area contributed by atoms with Gasteiger partial charge in [0.1, 0.15) is 6.17 Å². The smallest absolute Gasteiger partial charge is 0.151 e. The Morgan fingerprint density at radius 1 is 1.47 bits per heavy atom. The number of anilines is 1. The van der Waals surface area contributed by atoms with Crippen LogP contribution in [0.25, 0.3) is 0 Å². The van der Waals surface area contributed by atoms with Crippen molar-refractivity contribution in [2.75, 3.05) is 18.0 Å². The van der Waals surface area contributed by atoms with E-state index in [1.54, 1.807) is 0 Å². The van der Waals surface area contributed by atoms with Crippen LogP contribution < -0.4 is 4.90 Å². The number of aliphatic hydroxyl groups is 1. The van der Waals surface area contributed by atoms with Gasteiger partial charge in [-0.15, -0.1) is 5.10 Å². The highest BCUT2D eigenvalue weighted by Crippen LogP contribution is 2.19. The monoisotopic (exact) mass is 211 g/mol. The molecule has 82 valence electrons. The predicted molar refractivity (Wildman–Crippen MR) is 54.5 cm³/mol. The van der Waals surface area contributed by atoms with Crippen LogP contribution in [-0.2, 0) is 0 Å². The van der Waals surface area contributed by atoms with Gasteiger partial charge in [0.05, 0.1) is 18.3 Å². The first-order valence-corrected chi connectivity index (χ1v) is 5.04. The van der Waals surface area contributed by atoms with E-state index in [0.717, 1.165) is 5.69 Å². The highest BCUT2D eigenvalue weighted by atomic mass is 19.1. The van der Waals surface area contributed by atoms with Crippen molar-refractivity contribution < 1.29 is 9.50 Å². The molecule has 0 aliphatic carbocycles. The number of piperidine rings is 1. The maximum atomic E-state index is 13.3. The van der Waals surface area contributed by atoms with E-state index < -0.39 is 12.3 Å². The summed E-state index contributed by atoms with van der Waals surface area (Å²) in [5, 5.41) is 17.2. The molecule has 0 aromatic carbocycles. The normalized spacial score (nSPS) is 26.7. The molecule has 0 spiro atoms. The van der Waals surface area contributed by atoms with Gasteiger partial charge >= 0.3 is 0 Å². The minimum absolute atomic E-state index is 0.193. The quantitative estimate of drug-likeness (QED) is 0.742. The average molecular weight is 211 g/mol. The van der Waals surface area contributed by atoms with Gasteiger partial charge in [-0.3, -0.25) is 0 Å². The lowest BCUT2D eigenvalue weighted by Gasteiger charge is -2.32. The molecule has 5 heteroatoms. The second-order valence-electron chi connectivity index (χ2n) is 3.85. The highest BCUT2D eigenvalue weighted by Gasteiger charge is 2.28. The Balaban J connectivity index is 2.08. The van der Waals surface area contributed by atoms with Crippen molar-refractivity contribution in [2.24, 2.45) is 0 Å². The number of alkyl halides is 1. The van der Waals surface area contributed by atoms with Crippen LogP contribution in [0.15, 0.2) is 12.1 Å². The molecule has 1 aliphatic heterocycles. The van der Waals surface area contributed by atoms with Crippen LogP contribution in [0.4, 0.5) is 10.2 Å². The third kappa shape index (κ3) is 2.23. The van der Waals surface area contributed by atoms with Crippen molar-refractivity contribution in [2.45, 2.75) is 25.6 Å². The van der Waals surface area contributed by atoms with E-state index in [4.69, 9.17) is 0 Å². The summed E-state index contributed by atoms with van der Waals surface area (Å²) in [6, 6.07) is 3.67. The van der Waals surface area contributed by atoms with E-state index in [2.05, 4.69) is 10.2 Å². The van der Waals surface area contributed by atoms with Gasteiger partial charge in [0.2, 0.25) is 0 Å². The Hall–Kier alpha value is -1.23. The molecule has 0 radical (unpaired) electrons. The average Bonchev–Trinajstić information content (AvgIpc) is 2.23. The fraction of sp³-hybridized carbons (Fsp3) is 0.600. The molecule has 4 nitrogen and oxygen atoms in total. The lowest BCUT2D eigenvalue weighted by atomic mass is 10.1. The van der Waals surface area contributed by atoms with Gasteiger partial charge in [0, 0.05) is 6.54 Å². The van der Waals surface area contributed by atoms with Gasteiger partial charge in [-0.05, 0) is 25.5 Å². The summed E-state index contributed by atoms with van der Waals surface area (Å²) in [6.07, 6.45) is -1.59. The first-order valence-electron chi connectivity index (χ1n) is 5.04. The van der Waals surface area contributed by atoms with E-state index in [1.807, 2.05) is 24.0 Å². The molecule has 1 fully saturated rings. The Morgan fingerprint density at radius 2 is 2.27 bits per heavy atom. The van der Waals surface area contributed by atoms with Gasteiger partial charge in [-0.25, -0.2) is 4.39 Å². The maximum absolute atomic E-state index is 13.3. The molecule has 2 atom stereocenters. The number of aromatic nitrogens is 2. The van der Waals surface area contributed by atoms with Crippen molar-refractivity contribution >= 4 is 5.82 Å². The van der Waals surface area contributed by atoms with Crippen LogP contribution in [-0.4, -0.2) is 40.7 Å². The predicted octanol–water partition coefficient (Wildman–Crippen LogP) is 0.694. The zero-order valence-electron chi connectivity index (χ0n) is 8.60. The van der Waals surface area contributed by atoms with Crippen LogP contribution in [0.3, 0.4) is 0 Å². The topological polar surface area (TPSA) is 49.2 Å². The third-order valence-electron chi connectivity index (χ3n) is 2.61. The molecule has 1 N–H and O–H groups in total. The van der Waals surface area contributed by atoms with Crippen LogP contribution in [0.1, 0.15) is 12.1 Å². The highest BCUT2D eigenvalue weighted by molar-refractivity contribution is 5.38. The molecule has 0 amide bonds. The number of halogens is 1. The Labute approximate surface area is 87.7 Å². The molecule has 0 bridgehead atoms. The van der Waals surface area contributed by atoms with Crippen LogP contribution in [0, 0.1) is 6.92 Å². The molecule has 1 aliphatic rings. The number of nitrogens with zero attached hydrogens (tertiary/aromatic N) is 3. The summed E-state index contributed by atoms with van der Waals surface area (Å²) in [5.74, 6) is 0.676. The third-order valence-corrected chi connectivity index (χ3v) is 2.61.